The molecule has 1 saturated heterocycles. The molecule has 1 aromatic carbocycles. The van der Waals surface area contributed by atoms with E-state index in [9.17, 15) is 4.79 Å². The van der Waals surface area contributed by atoms with Gasteiger partial charge in [-0.25, -0.2) is 0 Å². The largest absolute Gasteiger partial charge is 0.336 e. The number of carbonyl (C=O) groups excluding carboxylic acids is 1. The van der Waals surface area contributed by atoms with Crippen LogP contribution in [-0.4, -0.2) is 36.0 Å². The molecule has 92 valence electrons. The Morgan fingerprint density at radius 1 is 1.47 bits per heavy atom. The van der Waals surface area contributed by atoms with Crippen LogP contribution in [0.2, 0.25) is 0 Å². The van der Waals surface area contributed by atoms with Crippen LogP contribution in [0.25, 0.3) is 0 Å². The minimum Gasteiger partial charge on any atom is -0.336 e. The molecule has 1 aliphatic rings. The van der Waals surface area contributed by atoms with Gasteiger partial charge in [0.25, 0.3) is 5.91 Å². The Morgan fingerprint density at radius 3 is 2.88 bits per heavy atom. The lowest BCUT2D eigenvalue weighted by Gasteiger charge is -2.39. The number of amides is 1. The van der Waals surface area contributed by atoms with Gasteiger partial charge in [0, 0.05) is 35.2 Å². The first-order chi connectivity index (χ1) is 7.98. The molecule has 0 unspecified atom stereocenters. The lowest BCUT2D eigenvalue weighted by Crippen LogP contribution is -2.58. The number of hydrogen-bond acceptors (Lipinski definition) is 2. The van der Waals surface area contributed by atoms with Crippen molar-refractivity contribution in [2.45, 2.75) is 19.4 Å². The molecule has 0 aliphatic carbocycles. The molecule has 1 fully saturated rings. The quantitative estimate of drug-likeness (QED) is 0.862. The standard InChI is InChI=1S/C13H17BrN2O/c1-13(2)9-16(7-6-15-13)12(17)10-4-3-5-11(14)8-10/h3-5,8,15H,6-7,9H2,1-2H3. The first-order valence-electron chi connectivity index (χ1n) is 5.78. The van der Waals surface area contributed by atoms with E-state index in [1.807, 2.05) is 29.2 Å². The van der Waals surface area contributed by atoms with E-state index in [-0.39, 0.29) is 11.4 Å². The summed E-state index contributed by atoms with van der Waals surface area (Å²) in [5, 5.41) is 3.40. The summed E-state index contributed by atoms with van der Waals surface area (Å²) in [6.07, 6.45) is 0. The fourth-order valence-corrected chi connectivity index (χ4v) is 2.52. The molecule has 1 N–H and O–H groups in total. The summed E-state index contributed by atoms with van der Waals surface area (Å²) < 4.78 is 0.942. The molecule has 0 aromatic heterocycles. The van der Waals surface area contributed by atoms with Crippen LogP contribution in [0.3, 0.4) is 0 Å². The number of piperazine rings is 1. The Labute approximate surface area is 110 Å². The van der Waals surface area contributed by atoms with Crippen LogP contribution >= 0.6 is 15.9 Å². The number of nitrogens with one attached hydrogen (secondary N) is 1. The van der Waals surface area contributed by atoms with Gasteiger partial charge in [-0.3, -0.25) is 4.79 Å². The first-order valence-corrected chi connectivity index (χ1v) is 6.57. The van der Waals surface area contributed by atoms with Gasteiger partial charge in [0.2, 0.25) is 0 Å². The second-order valence-corrected chi connectivity index (χ2v) is 5.96. The summed E-state index contributed by atoms with van der Waals surface area (Å²) in [5.74, 6) is 0.112. The van der Waals surface area contributed by atoms with Crippen LogP contribution < -0.4 is 5.32 Å². The van der Waals surface area contributed by atoms with Crippen molar-refractivity contribution in [1.82, 2.24) is 10.2 Å². The minimum absolute atomic E-state index is 0.0000769. The van der Waals surface area contributed by atoms with Crippen LogP contribution in [0.15, 0.2) is 28.7 Å². The monoisotopic (exact) mass is 296 g/mol. The molecule has 0 atom stereocenters. The second-order valence-electron chi connectivity index (χ2n) is 5.05. The average Bonchev–Trinajstić information content (AvgIpc) is 2.26. The molecular weight excluding hydrogens is 280 g/mol. The van der Waals surface area contributed by atoms with Gasteiger partial charge in [0.1, 0.15) is 0 Å². The van der Waals surface area contributed by atoms with Crippen molar-refractivity contribution in [3.63, 3.8) is 0 Å². The maximum Gasteiger partial charge on any atom is 0.253 e. The van der Waals surface area contributed by atoms with E-state index in [4.69, 9.17) is 0 Å². The van der Waals surface area contributed by atoms with Gasteiger partial charge in [0.05, 0.1) is 0 Å². The van der Waals surface area contributed by atoms with Crippen molar-refractivity contribution in [3.8, 4) is 0 Å². The summed E-state index contributed by atoms with van der Waals surface area (Å²) in [5.41, 5.74) is 0.747. The summed E-state index contributed by atoms with van der Waals surface area (Å²) in [4.78, 5) is 14.2. The van der Waals surface area contributed by atoms with Gasteiger partial charge in [-0.1, -0.05) is 22.0 Å². The van der Waals surface area contributed by atoms with Gasteiger partial charge in [0.15, 0.2) is 0 Å². The second kappa shape index (κ2) is 4.78. The van der Waals surface area contributed by atoms with Gasteiger partial charge in [-0.15, -0.1) is 0 Å². The van der Waals surface area contributed by atoms with E-state index in [1.54, 1.807) is 0 Å². The number of rotatable bonds is 1. The number of nitrogens with zero attached hydrogens (tertiary/aromatic N) is 1. The zero-order chi connectivity index (χ0) is 12.5. The summed E-state index contributed by atoms with van der Waals surface area (Å²) in [6, 6.07) is 7.56. The molecule has 1 aromatic rings. The number of benzene rings is 1. The van der Waals surface area contributed by atoms with Gasteiger partial charge >= 0.3 is 0 Å². The highest BCUT2D eigenvalue weighted by atomic mass is 79.9. The van der Waals surface area contributed by atoms with Crippen LogP contribution in [0, 0.1) is 0 Å². The predicted octanol–water partition coefficient (Wildman–Crippen LogP) is 2.27. The Hall–Kier alpha value is -0.870. The number of halogens is 1. The van der Waals surface area contributed by atoms with Crippen LogP contribution in [-0.2, 0) is 0 Å². The van der Waals surface area contributed by atoms with E-state index in [0.717, 1.165) is 29.7 Å². The summed E-state index contributed by atoms with van der Waals surface area (Å²) in [7, 11) is 0. The molecule has 2 rings (SSSR count). The van der Waals surface area contributed by atoms with Gasteiger partial charge in [-0.2, -0.15) is 0 Å². The summed E-state index contributed by atoms with van der Waals surface area (Å²) in [6.45, 7) is 6.61. The number of carbonyl (C=O) groups is 1. The maximum absolute atomic E-state index is 12.3. The smallest absolute Gasteiger partial charge is 0.253 e. The van der Waals surface area contributed by atoms with Crippen molar-refractivity contribution in [2.75, 3.05) is 19.6 Å². The Morgan fingerprint density at radius 2 is 2.24 bits per heavy atom. The molecule has 1 amide bonds. The highest BCUT2D eigenvalue weighted by Crippen LogP contribution is 2.16. The normalized spacial score (nSPS) is 19.1. The maximum atomic E-state index is 12.3. The van der Waals surface area contributed by atoms with Crippen molar-refractivity contribution in [1.29, 1.82) is 0 Å². The third kappa shape index (κ3) is 3.07. The van der Waals surface area contributed by atoms with Crippen molar-refractivity contribution in [3.05, 3.63) is 34.3 Å². The third-order valence-corrected chi connectivity index (χ3v) is 3.42. The summed E-state index contributed by atoms with van der Waals surface area (Å²) >= 11 is 3.39. The lowest BCUT2D eigenvalue weighted by atomic mass is 10.0. The Bertz CT molecular complexity index is 431. The number of hydrogen-bond donors (Lipinski definition) is 1. The van der Waals surface area contributed by atoms with E-state index in [2.05, 4.69) is 35.1 Å². The Kier molecular flexibility index (Phi) is 3.54. The fraction of sp³-hybridized carbons (Fsp3) is 0.462. The molecule has 1 heterocycles. The lowest BCUT2D eigenvalue weighted by molar-refractivity contribution is 0.0652. The Balaban J connectivity index is 2.15. The van der Waals surface area contributed by atoms with E-state index in [1.165, 1.54) is 0 Å². The molecular formula is C13H17BrN2O. The topological polar surface area (TPSA) is 32.3 Å². The van der Waals surface area contributed by atoms with Crippen LogP contribution in [0.1, 0.15) is 24.2 Å². The third-order valence-electron chi connectivity index (χ3n) is 2.93. The molecule has 0 saturated carbocycles. The first kappa shape index (κ1) is 12.6. The zero-order valence-corrected chi connectivity index (χ0v) is 11.8. The van der Waals surface area contributed by atoms with Gasteiger partial charge < -0.3 is 10.2 Å². The molecule has 3 nitrogen and oxygen atoms in total. The molecule has 17 heavy (non-hydrogen) atoms. The van der Waals surface area contributed by atoms with Crippen molar-refractivity contribution >= 4 is 21.8 Å². The van der Waals surface area contributed by atoms with Gasteiger partial charge in [-0.05, 0) is 32.0 Å². The van der Waals surface area contributed by atoms with Crippen molar-refractivity contribution < 1.29 is 4.79 Å². The fourth-order valence-electron chi connectivity index (χ4n) is 2.12. The molecule has 1 aliphatic heterocycles. The molecule has 4 heteroatoms. The predicted molar refractivity (Wildman–Crippen MR) is 72.1 cm³/mol. The highest BCUT2D eigenvalue weighted by molar-refractivity contribution is 9.10. The average molecular weight is 297 g/mol. The highest BCUT2D eigenvalue weighted by Gasteiger charge is 2.28. The van der Waals surface area contributed by atoms with E-state index >= 15 is 0 Å². The SMILES string of the molecule is CC1(C)CN(C(=O)c2cccc(Br)c2)CCN1. The van der Waals surface area contributed by atoms with E-state index in [0.29, 0.717) is 0 Å². The van der Waals surface area contributed by atoms with Crippen LogP contribution in [0.4, 0.5) is 0 Å². The molecule has 0 bridgehead atoms. The van der Waals surface area contributed by atoms with Crippen molar-refractivity contribution in [2.24, 2.45) is 0 Å². The minimum atomic E-state index is -0.0000769. The molecule has 0 radical (unpaired) electrons. The van der Waals surface area contributed by atoms with E-state index < -0.39 is 0 Å². The van der Waals surface area contributed by atoms with Crippen LogP contribution in [0.5, 0.6) is 0 Å². The zero-order valence-electron chi connectivity index (χ0n) is 10.2. The molecule has 0 spiro atoms.